The molecule has 0 spiro atoms. The van der Waals surface area contributed by atoms with Crippen molar-refractivity contribution in [3.63, 3.8) is 0 Å². The zero-order chi connectivity index (χ0) is 14.5. The number of ether oxygens (including phenoxy) is 1. The normalized spacial score (nSPS) is 19.6. The van der Waals surface area contributed by atoms with E-state index in [-0.39, 0.29) is 17.9 Å². The number of hydrogen-bond acceptors (Lipinski definition) is 3. The van der Waals surface area contributed by atoms with Crippen molar-refractivity contribution in [1.29, 1.82) is 0 Å². The van der Waals surface area contributed by atoms with Crippen LogP contribution in [0.4, 0.5) is 0 Å². The van der Waals surface area contributed by atoms with E-state index in [1.165, 1.54) is 11.1 Å². The molecule has 20 heavy (non-hydrogen) atoms. The molecule has 2 atom stereocenters. The quantitative estimate of drug-likeness (QED) is 0.891. The number of fused-ring (bicyclic) bond motifs is 1. The van der Waals surface area contributed by atoms with Crippen molar-refractivity contribution in [2.24, 2.45) is 11.7 Å². The minimum Gasteiger partial charge on any atom is -0.384 e. The van der Waals surface area contributed by atoms with Crippen molar-refractivity contribution in [3.8, 4) is 0 Å². The van der Waals surface area contributed by atoms with Crippen LogP contribution in [0.5, 0.6) is 0 Å². The molecule has 1 amide bonds. The van der Waals surface area contributed by atoms with Crippen LogP contribution >= 0.6 is 0 Å². The van der Waals surface area contributed by atoms with Gasteiger partial charge in [-0.2, -0.15) is 0 Å². The van der Waals surface area contributed by atoms with Crippen molar-refractivity contribution in [3.05, 3.63) is 35.4 Å². The van der Waals surface area contributed by atoms with Gasteiger partial charge in [-0.3, -0.25) is 4.79 Å². The van der Waals surface area contributed by atoms with Crippen LogP contribution in [0.15, 0.2) is 24.3 Å². The Morgan fingerprint density at radius 1 is 1.50 bits per heavy atom. The highest BCUT2D eigenvalue weighted by molar-refractivity contribution is 5.77. The van der Waals surface area contributed by atoms with E-state index in [1.54, 1.807) is 7.11 Å². The molecule has 0 aromatic heterocycles. The molecule has 0 saturated heterocycles. The van der Waals surface area contributed by atoms with Gasteiger partial charge in [0.25, 0.3) is 0 Å². The number of amides is 1. The van der Waals surface area contributed by atoms with Gasteiger partial charge in [0.2, 0.25) is 5.91 Å². The van der Waals surface area contributed by atoms with Gasteiger partial charge >= 0.3 is 0 Å². The average Bonchev–Trinajstić information content (AvgIpc) is 2.46. The number of rotatable bonds is 5. The number of carbonyl (C=O) groups is 1. The lowest BCUT2D eigenvalue weighted by Gasteiger charge is -2.37. The van der Waals surface area contributed by atoms with Crippen molar-refractivity contribution in [2.75, 3.05) is 26.8 Å². The summed E-state index contributed by atoms with van der Waals surface area (Å²) in [5.74, 6) is 0.419. The van der Waals surface area contributed by atoms with Gasteiger partial charge in [-0.25, -0.2) is 0 Å². The van der Waals surface area contributed by atoms with Crippen molar-refractivity contribution < 1.29 is 9.53 Å². The Morgan fingerprint density at radius 3 is 2.95 bits per heavy atom. The third-order valence-electron chi connectivity index (χ3n) is 3.93. The SMILES string of the molecule is COCC(C)CC(=O)N1CCc2ccccc2C1CN. The van der Waals surface area contributed by atoms with Crippen LogP contribution < -0.4 is 5.73 Å². The van der Waals surface area contributed by atoms with Gasteiger partial charge in [0.15, 0.2) is 0 Å². The molecule has 2 unspecified atom stereocenters. The monoisotopic (exact) mass is 276 g/mol. The summed E-state index contributed by atoms with van der Waals surface area (Å²) in [7, 11) is 1.67. The molecule has 0 aliphatic carbocycles. The van der Waals surface area contributed by atoms with E-state index in [1.807, 2.05) is 24.0 Å². The Hall–Kier alpha value is -1.39. The van der Waals surface area contributed by atoms with E-state index in [0.29, 0.717) is 19.6 Å². The molecule has 2 N–H and O–H groups in total. The van der Waals surface area contributed by atoms with Gasteiger partial charge in [-0.1, -0.05) is 31.2 Å². The predicted octanol–water partition coefficient (Wildman–Crippen LogP) is 1.74. The summed E-state index contributed by atoms with van der Waals surface area (Å²) in [6, 6.07) is 8.30. The summed E-state index contributed by atoms with van der Waals surface area (Å²) in [4.78, 5) is 14.4. The minimum absolute atomic E-state index is 0.0159. The minimum atomic E-state index is 0.0159. The molecule has 0 saturated carbocycles. The first kappa shape index (κ1) is 15.0. The predicted molar refractivity (Wildman–Crippen MR) is 79.3 cm³/mol. The molecule has 4 heteroatoms. The zero-order valence-electron chi connectivity index (χ0n) is 12.3. The molecule has 1 heterocycles. The van der Waals surface area contributed by atoms with E-state index < -0.39 is 0 Å². The molecule has 2 rings (SSSR count). The highest BCUT2D eigenvalue weighted by Gasteiger charge is 2.29. The topological polar surface area (TPSA) is 55.6 Å². The zero-order valence-corrected chi connectivity index (χ0v) is 12.3. The first-order valence-corrected chi connectivity index (χ1v) is 7.23. The average molecular weight is 276 g/mol. The van der Waals surface area contributed by atoms with E-state index in [2.05, 4.69) is 12.1 Å². The number of benzene rings is 1. The van der Waals surface area contributed by atoms with Crippen molar-refractivity contribution >= 4 is 5.91 Å². The maximum absolute atomic E-state index is 12.5. The summed E-state index contributed by atoms with van der Waals surface area (Å²) in [5.41, 5.74) is 8.44. The Bertz CT molecular complexity index is 462. The molecule has 0 radical (unpaired) electrons. The first-order valence-electron chi connectivity index (χ1n) is 7.23. The lowest BCUT2D eigenvalue weighted by molar-refractivity contribution is -0.135. The molecular formula is C16H24N2O2. The van der Waals surface area contributed by atoms with E-state index >= 15 is 0 Å². The van der Waals surface area contributed by atoms with Crippen molar-refractivity contribution in [1.82, 2.24) is 4.90 Å². The summed E-state index contributed by atoms with van der Waals surface area (Å²) in [6.45, 7) is 3.89. The van der Waals surface area contributed by atoms with Gasteiger partial charge in [0, 0.05) is 33.2 Å². The number of hydrogen-bond donors (Lipinski definition) is 1. The smallest absolute Gasteiger partial charge is 0.223 e. The Kier molecular flexibility index (Phi) is 5.15. The fourth-order valence-corrected chi connectivity index (χ4v) is 2.96. The Balaban J connectivity index is 2.11. The second-order valence-corrected chi connectivity index (χ2v) is 5.55. The first-order chi connectivity index (χ1) is 9.67. The fourth-order valence-electron chi connectivity index (χ4n) is 2.96. The van der Waals surface area contributed by atoms with Crippen LogP contribution in [-0.2, 0) is 16.0 Å². The van der Waals surface area contributed by atoms with Gasteiger partial charge in [0.1, 0.15) is 0 Å². The number of nitrogens with zero attached hydrogens (tertiary/aromatic N) is 1. The molecule has 0 fully saturated rings. The maximum Gasteiger partial charge on any atom is 0.223 e. The third-order valence-corrected chi connectivity index (χ3v) is 3.93. The largest absolute Gasteiger partial charge is 0.384 e. The molecule has 110 valence electrons. The summed E-state index contributed by atoms with van der Waals surface area (Å²) < 4.78 is 5.11. The number of methoxy groups -OCH3 is 1. The molecule has 1 aliphatic heterocycles. The third kappa shape index (κ3) is 3.19. The van der Waals surface area contributed by atoms with E-state index in [0.717, 1.165) is 13.0 Å². The van der Waals surface area contributed by atoms with Crippen LogP contribution in [0.3, 0.4) is 0 Å². The van der Waals surface area contributed by atoms with Crippen LogP contribution in [0.1, 0.15) is 30.5 Å². The van der Waals surface area contributed by atoms with E-state index in [4.69, 9.17) is 10.5 Å². The van der Waals surface area contributed by atoms with E-state index in [9.17, 15) is 4.79 Å². The van der Waals surface area contributed by atoms with Gasteiger partial charge in [0.05, 0.1) is 6.04 Å². The van der Waals surface area contributed by atoms with Gasteiger partial charge < -0.3 is 15.4 Å². The maximum atomic E-state index is 12.5. The van der Waals surface area contributed by atoms with Crippen molar-refractivity contribution in [2.45, 2.75) is 25.8 Å². The fraction of sp³-hybridized carbons (Fsp3) is 0.562. The Labute approximate surface area is 120 Å². The summed E-state index contributed by atoms with van der Waals surface area (Å²) in [5, 5.41) is 0. The summed E-state index contributed by atoms with van der Waals surface area (Å²) >= 11 is 0. The lowest BCUT2D eigenvalue weighted by Crippen LogP contribution is -2.43. The summed E-state index contributed by atoms with van der Waals surface area (Å²) in [6.07, 6.45) is 1.43. The van der Waals surface area contributed by atoms with Crippen LogP contribution in [0.25, 0.3) is 0 Å². The molecular weight excluding hydrogens is 252 g/mol. The highest BCUT2D eigenvalue weighted by Crippen LogP contribution is 2.29. The lowest BCUT2D eigenvalue weighted by atomic mass is 9.92. The molecule has 1 aromatic carbocycles. The van der Waals surface area contributed by atoms with Gasteiger partial charge in [-0.05, 0) is 23.5 Å². The molecule has 1 aromatic rings. The highest BCUT2D eigenvalue weighted by atomic mass is 16.5. The molecule has 4 nitrogen and oxygen atoms in total. The molecule has 0 bridgehead atoms. The van der Waals surface area contributed by atoms with Crippen LogP contribution in [0.2, 0.25) is 0 Å². The van der Waals surface area contributed by atoms with Gasteiger partial charge in [-0.15, -0.1) is 0 Å². The standard InChI is InChI=1S/C16H24N2O2/c1-12(11-20-2)9-16(19)18-8-7-13-5-3-4-6-14(13)15(18)10-17/h3-6,12,15H,7-11,17H2,1-2H3. The second-order valence-electron chi connectivity index (χ2n) is 5.55. The number of carbonyl (C=O) groups excluding carboxylic acids is 1. The molecule has 1 aliphatic rings. The second kappa shape index (κ2) is 6.86. The van der Waals surface area contributed by atoms with Crippen LogP contribution in [0, 0.1) is 5.92 Å². The Morgan fingerprint density at radius 2 is 2.25 bits per heavy atom. The van der Waals surface area contributed by atoms with Crippen LogP contribution in [-0.4, -0.2) is 37.6 Å². The number of nitrogens with two attached hydrogens (primary N) is 1.